The molecule has 0 radical (unpaired) electrons. The molecule has 3 rings (SSSR count). The maximum atomic E-state index is 13.7. The summed E-state index contributed by atoms with van der Waals surface area (Å²) in [5.41, 5.74) is 0.572. The molecule has 170 valence electrons. The second kappa shape index (κ2) is 9.39. The lowest BCUT2D eigenvalue weighted by atomic mass is 9.95. The molecular weight excluding hydrogens is 394 g/mol. The Hall–Kier alpha value is -2.41. The van der Waals surface area contributed by atoms with Crippen molar-refractivity contribution in [2.75, 3.05) is 19.7 Å². The van der Waals surface area contributed by atoms with Gasteiger partial charge in [-0.05, 0) is 31.9 Å². The molecule has 7 heteroatoms. The van der Waals surface area contributed by atoms with Crippen molar-refractivity contribution < 1.29 is 19.1 Å². The Labute approximate surface area is 185 Å². The molecule has 2 unspecified atom stereocenters. The first kappa shape index (κ1) is 23.3. The number of benzene rings is 1. The van der Waals surface area contributed by atoms with Crippen molar-refractivity contribution in [1.29, 1.82) is 0 Å². The van der Waals surface area contributed by atoms with Gasteiger partial charge >= 0.3 is 0 Å². The first-order valence-electron chi connectivity index (χ1n) is 11.3. The van der Waals surface area contributed by atoms with Crippen molar-refractivity contribution in [3.8, 4) is 0 Å². The number of ether oxygens (including phenoxy) is 1. The van der Waals surface area contributed by atoms with Gasteiger partial charge in [0, 0.05) is 43.5 Å². The summed E-state index contributed by atoms with van der Waals surface area (Å²) >= 11 is 0. The van der Waals surface area contributed by atoms with Crippen molar-refractivity contribution in [1.82, 2.24) is 15.1 Å². The van der Waals surface area contributed by atoms with E-state index in [4.69, 9.17) is 4.74 Å². The quantitative estimate of drug-likeness (QED) is 0.781. The van der Waals surface area contributed by atoms with Gasteiger partial charge < -0.3 is 15.0 Å². The number of rotatable bonds is 5. The summed E-state index contributed by atoms with van der Waals surface area (Å²) < 4.78 is 6.22. The molecule has 2 saturated heterocycles. The van der Waals surface area contributed by atoms with E-state index in [1.807, 2.05) is 57.7 Å². The molecular formula is C24H35N3O4. The summed E-state index contributed by atoms with van der Waals surface area (Å²) in [6.45, 7) is 10.8. The van der Waals surface area contributed by atoms with E-state index in [1.54, 1.807) is 11.0 Å². The monoisotopic (exact) mass is 429 g/mol. The number of piperidine rings is 1. The Kier molecular flexibility index (Phi) is 7.04. The molecule has 2 aliphatic heterocycles. The Morgan fingerprint density at radius 3 is 2.39 bits per heavy atom. The van der Waals surface area contributed by atoms with E-state index >= 15 is 0 Å². The first-order valence-corrected chi connectivity index (χ1v) is 11.3. The molecule has 0 aromatic heterocycles. The summed E-state index contributed by atoms with van der Waals surface area (Å²) in [5.74, 6) is -0.342. The highest BCUT2D eigenvalue weighted by atomic mass is 16.5. The van der Waals surface area contributed by atoms with Crippen LogP contribution in [0.1, 0.15) is 62.9 Å². The van der Waals surface area contributed by atoms with Crippen LogP contribution in [-0.4, -0.2) is 65.0 Å². The van der Waals surface area contributed by atoms with E-state index in [9.17, 15) is 14.4 Å². The third-order valence-corrected chi connectivity index (χ3v) is 6.51. The summed E-state index contributed by atoms with van der Waals surface area (Å²) in [6.07, 6.45) is 1.80. The fourth-order valence-electron chi connectivity index (χ4n) is 4.39. The van der Waals surface area contributed by atoms with E-state index in [1.165, 1.54) is 0 Å². The molecule has 1 spiro atoms. The number of aryl methyl sites for hydroxylation is 1. The van der Waals surface area contributed by atoms with Gasteiger partial charge in [-0.15, -0.1) is 0 Å². The van der Waals surface area contributed by atoms with Crippen LogP contribution in [0.3, 0.4) is 0 Å². The summed E-state index contributed by atoms with van der Waals surface area (Å²) in [5, 5.41) is 3.01. The number of nitrogens with one attached hydrogen (secondary N) is 1. The molecule has 1 N–H and O–H groups in total. The molecule has 1 aromatic carbocycles. The number of hydrogen-bond acceptors (Lipinski definition) is 4. The fourth-order valence-corrected chi connectivity index (χ4v) is 4.39. The van der Waals surface area contributed by atoms with E-state index in [2.05, 4.69) is 5.32 Å². The average molecular weight is 430 g/mol. The smallest absolute Gasteiger partial charge is 0.257 e. The van der Waals surface area contributed by atoms with Crippen molar-refractivity contribution >= 4 is 17.7 Å². The Morgan fingerprint density at radius 2 is 1.81 bits per heavy atom. The van der Waals surface area contributed by atoms with E-state index in [0.717, 1.165) is 12.0 Å². The van der Waals surface area contributed by atoms with Crippen LogP contribution in [0, 0.1) is 12.8 Å². The van der Waals surface area contributed by atoms with Crippen molar-refractivity contribution in [2.45, 2.75) is 71.7 Å². The minimum Gasteiger partial charge on any atom is -0.353 e. The van der Waals surface area contributed by atoms with Crippen LogP contribution < -0.4 is 5.32 Å². The number of likely N-dealkylation sites (tertiary alicyclic amines) is 1. The molecule has 0 bridgehead atoms. The third kappa shape index (κ3) is 4.61. The second-order valence-electron chi connectivity index (χ2n) is 9.06. The van der Waals surface area contributed by atoms with Gasteiger partial charge in [0.1, 0.15) is 11.8 Å². The number of carbonyl (C=O) groups excluding carboxylic acids is 3. The number of nitrogens with zero attached hydrogens (tertiary/aromatic N) is 2. The average Bonchev–Trinajstić information content (AvgIpc) is 3.12. The Bertz CT molecular complexity index is 830. The number of amides is 3. The molecule has 2 atom stereocenters. The Balaban J connectivity index is 1.90. The van der Waals surface area contributed by atoms with Crippen LogP contribution in [0.2, 0.25) is 0 Å². The van der Waals surface area contributed by atoms with Gasteiger partial charge in [-0.1, -0.05) is 39.0 Å². The topological polar surface area (TPSA) is 79.0 Å². The van der Waals surface area contributed by atoms with Crippen LogP contribution in [0.5, 0.6) is 0 Å². The highest BCUT2D eigenvalue weighted by Crippen LogP contribution is 2.39. The third-order valence-electron chi connectivity index (χ3n) is 6.51. The van der Waals surface area contributed by atoms with Gasteiger partial charge in [-0.2, -0.15) is 0 Å². The predicted molar refractivity (Wildman–Crippen MR) is 118 cm³/mol. The standard InChI is InChI=1S/C24H35N3O4/c1-6-18(5)25-21(28)20-15-31-24(11-13-26(14-12-24)22(29)16(2)3)27(20)23(30)19-10-8-7-9-17(19)4/h7-10,16,18,20H,6,11-15H2,1-5H3,(H,25,28). The summed E-state index contributed by atoms with van der Waals surface area (Å²) in [6, 6.07) is 6.76. The maximum Gasteiger partial charge on any atom is 0.257 e. The molecule has 3 amide bonds. The lowest BCUT2D eigenvalue weighted by Gasteiger charge is -2.45. The minimum absolute atomic E-state index is 0.0185. The fraction of sp³-hybridized carbons (Fsp3) is 0.625. The number of carbonyl (C=O) groups is 3. The zero-order valence-corrected chi connectivity index (χ0v) is 19.3. The largest absolute Gasteiger partial charge is 0.353 e. The van der Waals surface area contributed by atoms with Crippen LogP contribution >= 0.6 is 0 Å². The van der Waals surface area contributed by atoms with Crippen molar-refractivity contribution in [3.63, 3.8) is 0 Å². The molecule has 2 fully saturated rings. The van der Waals surface area contributed by atoms with Crippen LogP contribution in [0.25, 0.3) is 0 Å². The second-order valence-corrected chi connectivity index (χ2v) is 9.06. The van der Waals surface area contributed by atoms with E-state index < -0.39 is 11.8 Å². The maximum absolute atomic E-state index is 13.7. The van der Waals surface area contributed by atoms with Gasteiger partial charge in [0.15, 0.2) is 0 Å². The van der Waals surface area contributed by atoms with E-state index in [-0.39, 0.29) is 36.3 Å². The molecule has 0 aliphatic carbocycles. The zero-order chi connectivity index (χ0) is 22.8. The van der Waals surface area contributed by atoms with Gasteiger partial charge in [-0.25, -0.2) is 0 Å². The summed E-state index contributed by atoms with van der Waals surface area (Å²) in [4.78, 5) is 42.7. The zero-order valence-electron chi connectivity index (χ0n) is 19.3. The van der Waals surface area contributed by atoms with Gasteiger partial charge in [0.05, 0.1) is 6.61 Å². The summed E-state index contributed by atoms with van der Waals surface area (Å²) in [7, 11) is 0. The minimum atomic E-state index is -0.870. The van der Waals surface area contributed by atoms with E-state index in [0.29, 0.717) is 31.5 Å². The van der Waals surface area contributed by atoms with Gasteiger partial charge in [0.25, 0.3) is 5.91 Å². The van der Waals surface area contributed by atoms with Crippen LogP contribution in [0.15, 0.2) is 24.3 Å². The van der Waals surface area contributed by atoms with Crippen LogP contribution in [-0.2, 0) is 14.3 Å². The van der Waals surface area contributed by atoms with Gasteiger partial charge in [0.2, 0.25) is 11.8 Å². The molecule has 2 aliphatic rings. The normalized spacial score (nSPS) is 21.4. The molecule has 31 heavy (non-hydrogen) atoms. The SMILES string of the molecule is CCC(C)NC(=O)C1COC2(CCN(C(=O)C(C)C)CC2)N1C(=O)c1ccccc1C. The lowest BCUT2D eigenvalue weighted by Crippen LogP contribution is -2.60. The van der Waals surface area contributed by atoms with Crippen molar-refractivity contribution in [2.24, 2.45) is 5.92 Å². The first-order chi connectivity index (χ1) is 14.7. The molecule has 7 nitrogen and oxygen atoms in total. The van der Waals surface area contributed by atoms with Crippen LogP contribution in [0.4, 0.5) is 0 Å². The molecule has 0 saturated carbocycles. The number of hydrogen-bond donors (Lipinski definition) is 1. The highest BCUT2D eigenvalue weighted by molar-refractivity contribution is 5.99. The Morgan fingerprint density at radius 1 is 1.16 bits per heavy atom. The highest BCUT2D eigenvalue weighted by Gasteiger charge is 2.54. The van der Waals surface area contributed by atoms with Crippen molar-refractivity contribution in [3.05, 3.63) is 35.4 Å². The lowest BCUT2D eigenvalue weighted by molar-refractivity contribution is -0.146. The van der Waals surface area contributed by atoms with Gasteiger partial charge in [-0.3, -0.25) is 19.3 Å². The predicted octanol–water partition coefficient (Wildman–Crippen LogP) is 2.73. The molecule has 1 aromatic rings. The molecule has 2 heterocycles.